The second-order valence-corrected chi connectivity index (χ2v) is 4.76. The van der Waals surface area contributed by atoms with Gasteiger partial charge in [0, 0.05) is 22.1 Å². The molecular weight excluding hydrogens is 226 g/mol. The van der Waals surface area contributed by atoms with Crippen LogP contribution in [-0.4, -0.2) is 18.8 Å². The molecule has 0 aromatic heterocycles. The summed E-state index contributed by atoms with van der Waals surface area (Å²) in [6.07, 6.45) is 2.99. The highest BCUT2D eigenvalue weighted by Gasteiger charge is 2.45. The highest BCUT2D eigenvalue weighted by molar-refractivity contribution is 6.30. The Labute approximate surface area is 100 Å². The van der Waals surface area contributed by atoms with Crippen LogP contribution >= 0.6 is 11.6 Å². The predicted molar refractivity (Wildman–Crippen MR) is 64.3 cm³/mol. The Kier molecular flexibility index (Phi) is 3.00. The lowest BCUT2D eigenvalue weighted by Gasteiger charge is -2.18. The molecule has 0 spiro atoms. The summed E-state index contributed by atoms with van der Waals surface area (Å²) >= 11 is 6.01. The largest absolute Gasteiger partial charge is 0.504 e. The third kappa shape index (κ3) is 1.85. The Morgan fingerprint density at radius 3 is 2.69 bits per heavy atom. The van der Waals surface area contributed by atoms with Crippen molar-refractivity contribution in [2.45, 2.75) is 24.7 Å². The molecule has 0 saturated heterocycles. The van der Waals surface area contributed by atoms with E-state index in [4.69, 9.17) is 22.1 Å². The maximum atomic E-state index is 10.1. The molecular formula is C12H16ClNO2. The first kappa shape index (κ1) is 11.6. The quantitative estimate of drug-likeness (QED) is 0.851. The van der Waals surface area contributed by atoms with Crippen molar-refractivity contribution in [3.05, 3.63) is 22.7 Å². The van der Waals surface area contributed by atoms with Gasteiger partial charge in [-0.15, -0.1) is 0 Å². The molecule has 1 aromatic rings. The molecule has 4 heteroatoms. The standard InChI is InChI=1S/C12H16ClNO2/c1-16-10-7-8(13)6-9(11(10)15)12(2-3-12)4-5-14/h6-7,15H,2-5,14H2,1H3. The molecule has 0 radical (unpaired) electrons. The van der Waals surface area contributed by atoms with E-state index in [2.05, 4.69) is 0 Å². The second kappa shape index (κ2) is 4.15. The minimum Gasteiger partial charge on any atom is -0.504 e. The summed E-state index contributed by atoms with van der Waals surface area (Å²) in [4.78, 5) is 0. The molecule has 0 amide bonds. The average Bonchev–Trinajstić information content (AvgIpc) is 3.02. The molecule has 2 rings (SSSR count). The molecule has 0 atom stereocenters. The summed E-state index contributed by atoms with van der Waals surface area (Å²) < 4.78 is 5.10. The van der Waals surface area contributed by atoms with Gasteiger partial charge in [-0.2, -0.15) is 0 Å². The molecule has 0 unspecified atom stereocenters. The number of phenols is 1. The van der Waals surface area contributed by atoms with Crippen LogP contribution in [0.1, 0.15) is 24.8 Å². The van der Waals surface area contributed by atoms with E-state index in [0.29, 0.717) is 17.3 Å². The fraction of sp³-hybridized carbons (Fsp3) is 0.500. The fourth-order valence-electron chi connectivity index (χ4n) is 2.22. The van der Waals surface area contributed by atoms with Crippen molar-refractivity contribution in [2.24, 2.45) is 5.73 Å². The van der Waals surface area contributed by atoms with Gasteiger partial charge in [-0.3, -0.25) is 0 Å². The lowest BCUT2D eigenvalue weighted by atomic mass is 9.91. The van der Waals surface area contributed by atoms with Crippen LogP contribution in [0.25, 0.3) is 0 Å². The van der Waals surface area contributed by atoms with Crippen molar-refractivity contribution in [1.29, 1.82) is 0 Å². The molecule has 1 aliphatic rings. The van der Waals surface area contributed by atoms with Gasteiger partial charge in [-0.1, -0.05) is 11.6 Å². The second-order valence-electron chi connectivity index (χ2n) is 4.32. The van der Waals surface area contributed by atoms with Gasteiger partial charge in [-0.25, -0.2) is 0 Å². The zero-order chi connectivity index (χ0) is 11.8. The number of hydrogen-bond acceptors (Lipinski definition) is 3. The summed E-state index contributed by atoms with van der Waals surface area (Å²) in [5.41, 5.74) is 6.51. The van der Waals surface area contributed by atoms with Crippen LogP contribution < -0.4 is 10.5 Å². The van der Waals surface area contributed by atoms with Crippen LogP contribution in [0, 0.1) is 0 Å². The Hall–Kier alpha value is -0.930. The SMILES string of the molecule is COc1cc(Cl)cc(C2(CCN)CC2)c1O. The van der Waals surface area contributed by atoms with Gasteiger partial charge in [0.15, 0.2) is 11.5 Å². The number of methoxy groups -OCH3 is 1. The lowest BCUT2D eigenvalue weighted by Crippen LogP contribution is -2.13. The van der Waals surface area contributed by atoms with Crippen LogP contribution in [0.5, 0.6) is 11.5 Å². The number of halogens is 1. The van der Waals surface area contributed by atoms with Gasteiger partial charge in [-0.05, 0) is 31.9 Å². The number of benzene rings is 1. The first-order chi connectivity index (χ1) is 7.63. The van der Waals surface area contributed by atoms with Gasteiger partial charge in [0.2, 0.25) is 0 Å². The number of aromatic hydroxyl groups is 1. The minimum atomic E-state index is 0.0248. The average molecular weight is 242 g/mol. The van der Waals surface area contributed by atoms with E-state index >= 15 is 0 Å². The van der Waals surface area contributed by atoms with Gasteiger partial charge in [0.25, 0.3) is 0 Å². The smallest absolute Gasteiger partial charge is 0.162 e. The van der Waals surface area contributed by atoms with E-state index in [1.807, 2.05) is 6.07 Å². The predicted octanol–water partition coefficient (Wildman–Crippen LogP) is 2.43. The van der Waals surface area contributed by atoms with E-state index in [-0.39, 0.29) is 11.2 Å². The Balaban J connectivity index is 2.44. The maximum absolute atomic E-state index is 10.1. The van der Waals surface area contributed by atoms with E-state index < -0.39 is 0 Å². The number of hydrogen-bond donors (Lipinski definition) is 2. The highest BCUT2D eigenvalue weighted by Crippen LogP contribution is 2.55. The number of ether oxygens (including phenoxy) is 1. The summed E-state index contributed by atoms with van der Waals surface area (Å²) in [6, 6.07) is 3.45. The maximum Gasteiger partial charge on any atom is 0.162 e. The van der Waals surface area contributed by atoms with Gasteiger partial charge >= 0.3 is 0 Å². The molecule has 1 aromatic carbocycles. The molecule has 0 bridgehead atoms. The summed E-state index contributed by atoms with van der Waals surface area (Å²) in [5.74, 6) is 0.642. The lowest BCUT2D eigenvalue weighted by molar-refractivity contribution is 0.367. The van der Waals surface area contributed by atoms with Crippen molar-refractivity contribution in [3.63, 3.8) is 0 Å². The summed E-state index contributed by atoms with van der Waals surface area (Å²) in [7, 11) is 1.53. The monoisotopic (exact) mass is 241 g/mol. The highest BCUT2D eigenvalue weighted by atomic mass is 35.5. The Morgan fingerprint density at radius 1 is 1.50 bits per heavy atom. The molecule has 1 fully saturated rings. The van der Waals surface area contributed by atoms with E-state index in [0.717, 1.165) is 24.8 Å². The molecule has 3 N–H and O–H groups in total. The van der Waals surface area contributed by atoms with Gasteiger partial charge < -0.3 is 15.6 Å². The van der Waals surface area contributed by atoms with Crippen LogP contribution in [-0.2, 0) is 5.41 Å². The van der Waals surface area contributed by atoms with E-state index in [1.54, 1.807) is 6.07 Å². The van der Waals surface area contributed by atoms with Crippen molar-refractivity contribution in [1.82, 2.24) is 0 Å². The number of phenolic OH excluding ortho intramolecular Hbond substituents is 1. The molecule has 3 nitrogen and oxygen atoms in total. The number of nitrogens with two attached hydrogens (primary N) is 1. The summed E-state index contributed by atoms with van der Waals surface area (Å²) in [5, 5.41) is 10.7. The first-order valence-electron chi connectivity index (χ1n) is 5.40. The Morgan fingerprint density at radius 2 is 2.19 bits per heavy atom. The fourth-order valence-corrected chi connectivity index (χ4v) is 2.42. The van der Waals surface area contributed by atoms with Crippen molar-refractivity contribution < 1.29 is 9.84 Å². The molecule has 88 valence electrons. The van der Waals surface area contributed by atoms with Gasteiger partial charge in [0.1, 0.15) is 0 Å². The molecule has 1 saturated carbocycles. The minimum absolute atomic E-state index is 0.0248. The van der Waals surface area contributed by atoms with Crippen LogP contribution in [0.4, 0.5) is 0 Å². The third-order valence-electron chi connectivity index (χ3n) is 3.31. The molecule has 0 heterocycles. The first-order valence-corrected chi connectivity index (χ1v) is 5.78. The zero-order valence-electron chi connectivity index (χ0n) is 9.29. The van der Waals surface area contributed by atoms with Gasteiger partial charge in [0.05, 0.1) is 7.11 Å². The Bertz CT molecular complexity index is 402. The number of rotatable bonds is 4. The van der Waals surface area contributed by atoms with Crippen LogP contribution in [0.2, 0.25) is 5.02 Å². The van der Waals surface area contributed by atoms with E-state index in [9.17, 15) is 5.11 Å². The van der Waals surface area contributed by atoms with Crippen molar-refractivity contribution in [2.75, 3.05) is 13.7 Å². The zero-order valence-corrected chi connectivity index (χ0v) is 10.0. The topological polar surface area (TPSA) is 55.5 Å². The van der Waals surface area contributed by atoms with E-state index in [1.165, 1.54) is 7.11 Å². The van der Waals surface area contributed by atoms with Crippen LogP contribution in [0.15, 0.2) is 12.1 Å². The van der Waals surface area contributed by atoms with Crippen molar-refractivity contribution in [3.8, 4) is 11.5 Å². The third-order valence-corrected chi connectivity index (χ3v) is 3.53. The summed E-state index contributed by atoms with van der Waals surface area (Å²) in [6.45, 7) is 0.619. The van der Waals surface area contributed by atoms with Crippen LogP contribution in [0.3, 0.4) is 0 Å². The molecule has 16 heavy (non-hydrogen) atoms. The molecule has 0 aliphatic heterocycles. The normalized spacial score (nSPS) is 17.2. The molecule has 1 aliphatic carbocycles. The van der Waals surface area contributed by atoms with Crippen molar-refractivity contribution >= 4 is 11.6 Å².